The van der Waals surface area contributed by atoms with Gasteiger partial charge in [-0.25, -0.2) is 8.78 Å². The van der Waals surface area contributed by atoms with E-state index >= 15 is 8.78 Å². The molecule has 33 heavy (non-hydrogen) atoms. The highest BCUT2D eigenvalue weighted by Gasteiger charge is 2.28. The van der Waals surface area contributed by atoms with Crippen LogP contribution in [-0.2, 0) is 12.8 Å². The minimum absolute atomic E-state index is 0.0943. The third-order valence-corrected chi connectivity index (χ3v) is 7.95. The molecule has 180 valence electrons. The highest BCUT2D eigenvalue weighted by atomic mass is 19.1. The molecule has 0 aliphatic heterocycles. The van der Waals surface area contributed by atoms with Crippen LogP contribution in [0.5, 0.6) is 5.75 Å². The average Bonchev–Trinajstić information content (AvgIpc) is 2.82. The smallest absolute Gasteiger partial charge is 0.129 e. The molecular formula is C30H40F2O. The van der Waals surface area contributed by atoms with Gasteiger partial charge < -0.3 is 4.74 Å². The van der Waals surface area contributed by atoms with Gasteiger partial charge in [0.1, 0.15) is 17.4 Å². The molecule has 0 aromatic heterocycles. The van der Waals surface area contributed by atoms with E-state index in [1.807, 2.05) is 6.07 Å². The van der Waals surface area contributed by atoms with Gasteiger partial charge in [-0.15, -0.1) is 0 Å². The van der Waals surface area contributed by atoms with Crippen LogP contribution in [0.15, 0.2) is 30.3 Å². The molecule has 2 aromatic carbocycles. The number of unbranched alkanes of at least 4 members (excludes halogenated alkanes) is 2. The van der Waals surface area contributed by atoms with Crippen molar-refractivity contribution < 1.29 is 13.5 Å². The van der Waals surface area contributed by atoms with Crippen molar-refractivity contribution in [3.63, 3.8) is 0 Å². The maximum atomic E-state index is 15.2. The van der Waals surface area contributed by atoms with Gasteiger partial charge in [-0.3, -0.25) is 0 Å². The zero-order chi connectivity index (χ0) is 23.2. The van der Waals surface area contributed by atoms with Gasteiger partial charge in [0.05, 0.1) is 6.61 Å². The number of ether oxygens (including phenoxy) is 1. The molecule has 3 heteroatoms. The lowest BCUT2D eigenvalue weighted by molar-refractivity contribution is 0.305. The lowest BCUT2D eigenvalue weighted by atomic mass is 9.76. The standard InChI is InChI=1S/C30H40F2O/c1-3-5-6-16-33-27-15-14-23-17-25(13-12-24(23)18-27)30-28(31)19-26(20-29(30)32)22-10-8-21(7-4-2)9-11-22/h14-15,18-22,25H,3-13,16-17H2,1-2H3. The zero-order valence-electron chi connectivity index (χ0n) is 20.5. The molecule has 0 radical (unpaired) electrons. The Balaban J connectivity index is 1.42. The van der Waals surface area contributed by atoms with E-state index in [9.17, 15) is 0 Å². The monoisotopic (exact) mass is 454 g/mol. The maximum Gasteiger partial charge on any atom is 0.129 e. The van der Waals surface area contributed by atoms with E-state index in [4.69, 9.17) is 4.74 Å². The minimum atomic E-state index is -0.343. The molecule has 2 aliphatic carbocycles. The highest BCUT2D eigenvalue weighted by molar-refractivity contribution is 5.41. The Morgan fingerprint density at radius 3 is 2.27 bits per heavy atom. The summed E-state index contributed by atoms with van der Waals surface area (Å²) in [4.78, 5) is 0. The van der Waals surface area contributed by atoms with E-state index in [0.29, 0.717) is 17.9 Å². The number of fused-ring (bicyclic) bond motifs is 1. The normalized spacial score (nSPS) is 22.7. The molecule has 1 unspecified atom stereocenters. The van der Waals surface area contributed by atoms with Crippen molar-refractivity contribution in [3.05, 3.63) is 64.2 Å². The number of halogens is 2. The number of rotatable bonds is 9. The van der Waals surface area contributed by atoms with Gasteiger partial charge in [-0.1, -0.05) is 45.6 Å². The number of aryl methyl sites for hydroxylation is 1. The molecule has 0 spiro atoms. The fourth-order valence-electron chi connectivity index (χ4n) is 6.03. The summed E-state index contributed by atoms with van der Waals surface area (Å²) in [5, 5.41) is 0. The van der Waals surface area contributed by atoms with E-state index in [2.05, 4.69) is 26.0 Å². The van der Waals surface area contributed by atoms with Crippen LogP contribution < -0.4 is 4.74 Å². The molecule has 0 bridgehead atoms. The maximum absolute atomic E-state index is 15.2. The summed E-state index contributed by atoms with van der Waals surface area (Å²) in [5.41, 5.74) is 3.62. The SMILES string of the molecule is CCCCCOc1ccc2c(c1)CCC(c1c(F)cc(C3CCC(CCC)CC3)cc1F)C2. The molecule has 0 N–H and O–H groups in total. The molecule has 0 amide bonds. The Bertz CT molecular complexity index is 891. The lowest BCUT2D eigenvalue weighted by Crippen LogP contribution is -2.17. The predicted octanol–water partition coefficient (Wildman–Crippen LogP) is 8.88. The molecule has 2 aliphatic rings. The van der Waals surface area contributed by atoms with E-state index in [-0.39, 0.29) is 17.6 Å². The summed E-state index contributed by atoms with van der Waals surface area (Å²) in [6.07, 6.45) is 12.8. The largest absolute Gasteiger partial charge is 0.494 e. The summed E-state index contributed by atoms with van der Waals surface area (Å²) < 4.78 is 36.4. The van der Waals surface area contributed by atoms with Crippen LogP contribution in [0, 0.1) is 17.6 Å². The minimum Gasteiger partial charge on any atom is -0.494 e. The fraction of sp³-hybridized carbons (Fsp3) is 0.600. The van der Waals surface area contributed by atoms with Crippen LogP contribution in [0.2, 0.25) is 0 Å². The first kappa shape index (κ1) is 24.2. The number of hydrogen-bond donors (Lipinski definition) is 0. The summed E-state index contributed by atoms with van der Waals surface area (Å²) in [5.74, 6) is 1.24. The summed E-state index contributed by atoms with van der Waals surface area (Å²) in [7, 11) is 0. The van der Waals surface area contributed by atoms with Crippen LogP contribution >= 0.6 is 0 Å². The van der Waals surface area contributed by atoms with Gasteiger partial charge in [0.2, 0.25) is 0 Å². The number of hydrogen-bond acceptors (Lipinski definition) is 1. The van der Waals surface area contributed by atoms with E-state index in [0.717, 1.165) is 55.9 Å². The molecule has 0 heterocycles. The average molecular weight is 455 g/mol. The van der Waals surface area contributed by atoms with Gasteiger partial charge in [-0.05, 0) is 110 Å². The van der Waals surface area contributed by atoms with Gasteiger partial charge >= 0.3 is 0 Å². The van der Waals surface area contributed by atoms with E-state index in [1.165, 1.54) is 49.7 Å². The molecule has 1 nitrogen and oxygen atoms in total. The van der Waals surface area contributed by atoms with Gasteiger partial charge in [0, 0.05) is 5.56 Å². The Morgan fingerprint density at radius 1 is 0.818 bits per heavy atom. The third kappa shape index (κ3) is 5.97. The first-order valence-corrected chi connectivity index (χ1v) is 13.3. The van der Waals surface area contributed by atoms with E-state index < -0.39 is 0 Å². The first-order chi connectivity index (χ1) is 16.1. The van der Waals surface area contributed by atoms with Crippen LogP contribution in [0.4, 0.5) is 8.78 Å². The summed E-state index contributed by atoms with van der Waals surface area (Å²) >= 11 is 0. The quantitative estimate of drug-likeness (QED) is 0.344. The predicted molar refractivity (Wildman–Crippen MR) is 132 cm³/mol. The van der Waals surface area contributed by atoms with E-state index in [1.54, 1.807) is 12.1 Å². The number of benzene rings is 2. The van der Waals surface area contributed by atoms with Crippen LogP contribution in [0.25, 0.3) is 0 Å². The topological polar surface area (TPSA) is 9.23 Å². The van der Waals surface area contributed by atoms with Crippen molar-refractivity contribution in [1.82, 2.24) is 0 Å². The van der Waals surface area contributed by atoms with Crippen LogP contribution in [0.1, 0.15) is 112 Å². The molecule has 2 aromatic rings. The molecule has 4 rings (SSSR count). The van der Waals surface area contributed by atoms with Crippen LogP contribution in [0.3, 0.4) is 0 Å². The highest BCUT2D eigenvalue weighted by Crippen LogP contribution is 2.41. The Morgan fingerprint density at radius 2 is 1.58 bits per heavy atom. The lowest BCUT2D eigenvalue weighted by Gasteiger charge is -2.30. The Kier molecular flexibility index (Phi) is 8.44. The summed E-state index contributed by atoms with van der Waals surface area (Å²) in [6, 6.07) is 9.52. The van der Waals surface area contributed by atoms with Gasteiger partial charge in [0.15, 0.2) is 0 Å². The van der Waals surface area contributed by atoms with Crippen molar-refractivity contribution in [2.24, 2.45) is 5.92 Å². The Hall–Kier alpha value is -1.90. The third-order valence-electron chi connectivity index (χ3n) is 7.95. The zero-order valence-corrected chi connectivity index (χ0v) is 20.5. The fourth-order valence-corrected chi connectivity index (χ4v) is 6.03. The summed E-state index contributed by atoms with van der Waals surface area (Å²) in [6.45, 7) is 5.17. The van der Waals surface area contributed by atoms with Crippen molar-refractivity contribution in [2.45, 2.75) is 103 Å². The van der Waals surface area contributed by atoms with Crippen molar-refractivity contribution in [2.75, 3.05) is 6.61 Å². The second-order valence-electron chi connectivity index (χ2n) is 10.3. The van der Waals surface area contributed by atoms with Gasteiger partial charge in [-0.2, -0.15) is 0 Å². The van der Waals surface area contributed by atoms with Crippen molar-refractivity contribution in [1.29, 1.82) is 0 Å². The molecule has 1 atom stereocenters. The first-order valence-electron chi connectivity index (χ1n) is 13.3. The van der Waals surface area contributed by atoms with Crippen molar-refractivity contribution in [3.8, 4) is 5.75 Å². The Labute approximate surface area is 198 Å². The molecular weight excluding hydrogens is 414 g/mol. The molecule has 1 fully saturated rings. The molecule has 0 saturated heterocycles. The molecule has 1 saturated carbocycles. The second-order valence-corrected chi connectivity index (χ2v) is 10.3. The second kappa shape index (κ2) is 11.5. The van der Waals surface area contributed by atoms with Gasteiger partial charge in [0.25, 0.3) is 0 Å². The van der Waals surface area contributed by atoms with Crippen molar-refractivity contribution >= 4 is 0 Å². The van der Waals surface area contributed by atoms with Crippen LogP contribution in [-0.4, -0.2) is 6.61 Å².